The molecule has 2 heterocycles. The molecule has 0 bridgehead atoms. The second-order valence-corrected chi connectivity index (χ2v) is 9.75. The number of carbonyl (C=O) groups is 1. The average molecular weight is 568 g/mol. The highest BCUT2D eigenvalue weighted by molar-refractivity contribution is 5.78. The van der Waals surface area contributed by atoms with Crippen LogP contribution in [0, 0.1) is 0 Å². The zero-order valence-corrected chi connectivity index (χ0v) is 20.7. The molecule has 3 fully saturated rings. The molecule has 2 saturated heterocycles. The standard InChI is InChI=1S/C20H37N7O12/c21-5-1-6(22)18(16(35)17(5)38-19-13(32)10(23)11(30)8(4-28)37-19)39-20-15(34)14(33)12(31)7(36-20)2-25-9(29)3-26-27-24/h5-8,10-20,28,30-35H,1-4,21-23H2,(H,25,29)/t5-,6?,7?,8?,10?,11-,12-,13-,14+,15?,16-,17?,18-,19-,20-/m1/s1. The molecule has 3 rings (SSSR count). The summed E-state index contributed by atoms with van der Waals surface area (Å²) in [6.07, 6.45) is -17.9. The van der Waals surface area contributed by atoms with E-state index in [1.807, 2.05) is 0 Å². The molecule has 3 aliphatic rings. The Morgan fingerprint density at radius 3 is 2.00 bits per heavy atom. The first-order valence-electron chi connectivity index (χ1n) is 12.3. The van der Waals surface area contributed by atoms with Gasteiger partial charge in [-0.3, -0.25) is 4.79 Å². The third-order valence-electron chi connectivity index (χ3n) is 7.03. The largest absolute Gasteiger partial charge is 0.394 e. The van der Waals surface area contributed by atoms with Gasteiger partial charge in [-0.2, -0.15) is 0 Å². The van der Waals surface area contributed by atoms with Crippen molar-refractivity contribution < 1.29 is 59.5 Å². The van der Waals surface area contributed by atoms with Gasteiger partial charge in [0.2, 0.25) is 5.91 Å². The minimum Gasteiger partial charge on any atom is -0.394 e. The van der Waals surface area contributed by atoms with Crippen molar-refractivity contribution in [3.63, 3.8) is 0 Å². The molecule has 1 aliphatic carbocycles. The van der Waals surface area contributed by atoms with Gasteiger partial charge in [0.25, 0.3) is 0 Å². The first kappa shape index (κ1) is 31.7. The Labute approximate surface area is 222 Å². The van der Waals surface area contributed by atoms with E-state index in [0.29, 0.717) is 0 Å². The molecule has 1 saturated carbocycles. The highest BCUT2D eigenvalue weighted by Gasteiger charge is 2.51. The van der Waals surface area contributed by atoms with E-state index in [9.17, 15) is 40.5 Å². The van der Waals surface area contributed by atoms with Crippen molar-refractivity contribution in [2.45, 2.75) is 98.2 Å². The third-order valence-corrected chi connectivity index (χ3v) is 7.03. The van der Waals surface area contributed by atoms with Crippen LogP contribution in [0.3, 0.4) is 0 Å². The Morgan fingerprint density at radius 2 is 1.44 bits per heavy atom. The summed E-state index contributed by atoms with van der Waals surface area (Å²) in [5, 5.41) is 77.4. The van der Waals surface area contributed by atoms with E-state index in [4.69, 9.17) is 41.7 Å². The SMILES string of the molecule is [N-]=[N+]=NCC(=O)NCC1O[C@H](O[C@@H]2C(N)C[C@@H](N)C(O[C@H]3OC(CO)[C@@H](O)C(N)[C@H]3O)[C@H]2O)C(O)[C@@H](O)[C@@H]1O. The van der Waals surface area contributed by atoms with E-state index in [0.717, 1.165) is 0 Å². The molecule has 19 nitrogen and oxygen atoms in total. The molecule has 0 aromatic rings. The molecule has 39 heavy (non-hydrogen) atoms. The van der Waals surface area contributed by atoms with Crippen molar-refractivity contribution >= 4 is 5.91 Å². The highest BCUT2D eigenvalue weighted by Crippen LogP contribution is 2.31. The van der Waals surface area contributed by atoms with Gasteiger partial charge in [-0.15, -0.1) is 0 Å². The second kappa shape index (κ2) is 13.7. The van der Waals surface area contributed by atoms with Crippen molar-refractivity contribution in [1.29, 1.82) is 0 Å². The molecule has 224 valence electrons. The summed E-state index contributed by atoms with van der Waals surface area (Å²) in [4.78, 5) is 14.2. The summed E-state index contributed by atoms with van der Waals surface area (Å²) in [5.74, 6) is -0.692. The van der Waals surface area contributed by atoms with Gasteiger partial charge in [0.1, 0.15) is 67.6 Å². The fourth-order valence-electron chi connectivity index (χ4n) is 4.74. The van der Waals surface area contributed by atoms with E-state index in [2.05, 4.69) is 15.3 Å². The molecule has 0 aromatic heterocycles. The quantitative estimate of drug-likeness (QED) is 0.0700. The topological polar surface area (TPSA) is 334 Å². The summed E-state index contributed by atoms with van der Waals surface area (Å²) in [5.41, 5.74) is 26.4. The minimum absolute atomic E-state index is 0.0141. The number of hydrogen-bond acceptors (Lipinski definition) is 16. The van der Waals surface area contributed by atoms with Crippen LogP contribution in [-0.4, -0.2) is 153 Å². The van der Waals surface area contributed by atoms with E-state index < -0.39 is 111 Å². The van der Waals surface area contributed by atoms with Crippen LogP contribution in [0.15, 0.2) is 5.11 Å². The van der Waals surface area contributed by atoms with Gasteiger partial charge >= 0.3 is 0 Å². The third kappa shape index (κ3) is 7.11. The maximum Gasteiger partial charge on any atom is 0.225 e. The van der Waals surface area contributed by atoms with Gasteiger partial charge in [0.05, 0.1) is 12.6 Å². The Kier molecular flexibility index (Phi) is 11.2. The van der Waals surface area contributed by atoms with Crippen LogP contribution in [0.2, 0.25) is 0 Å². The van der Waals surface area contributed by atoms with Crippen molar-refractivity contribution in [2.24, 2.45) is 22.3 Å². The van der Waals surface area contributed by atoms with Crippen LogP contribution >= 0.6 is 0 Å². The number of azide groups is 1. The molecule has 0 aromatic carbocycles. The number of nitrogens with one attached hydrogen (secondary N) is 1. The van der Waals surface area contributed by atoms with Crippen LogP contribution in [0.5, 0.6) is 0 Å². The number of amides is 1. The molecule has 2 aliphatic heterocycles. The first-order chi connectivity index (χ1) is 18.4. The number of nitrogens with two attached hydrogens (primary N) is 3. The number of hydrogen-bond donors (Lipinski definition) is 11. The first-order valence-corrected chi connectivity index (χ1v) is 12.3. The number of ether oxygens (including phenoxy) is 4. The van der Waals surface area contributed by atoms with Gasteiger partial charge in [-0.05, 0) is 12.0 Å². The van der Waals surface area contributed by atoms with Gasteiger partial charge in [-0.1, -0.05) is 5.11 Å². The van der Waals surface area contributed by atoms with Crippen LogP contribution in [0.4, 0.5) is 0 Å². The normalized spacial score (nSPS) is 46.8. The summed E-state index contributed by atoms with van der Waals surface area (Å²) in [7, 11) is 0. The lowest BCUT2D eigenvalue weighted by Crippen LogP contribution is -2.68. The number of nitrogens with zero attached hydrogens (tertiary/aromatic N) is 3. The zero-order valence-electron chi connectivity index (χ0n) is 20.7. The molecular weight excluding hydrogens is 530 g/mol. The van der Waals surface area contributed by atoms with Crippen molar-refractivity contribution in [1.82, 2.24) is 5.32 Å². The molecule has 1 amide bonds. The fourth-order valence-corrected chi connectivity index (χ4v) is 4.74. The fraction of sp³-hybridized carbons (Fsp3) is 0.950. The van der Waals surface area contributed by atoms with E-state index in [1.165, 1.54) is 0 Å². The van der Waals surface area contributed by atoms with Crippen molar-refractivity contribution in [3.05, 3.63) is 10.4 Å². The number of aliphatic hydroxyl groups excluding tert-OH is 7. The molecule has 6 unspecified atom stereocenters. The predicted molar refractivity (Wildman–Crippen MR) is 126 cm³/mol. The van der Waals surface area contributed by atoms with E-state index in [1.54, 1.807) is 0 Å². The van der Waals surface area contributed by atoms with Gasteiger partial charge in [0, 0.05) is 23.5 Å². The van der Waals surface area contributed by atoms with E-state index in [-0.39, 0.29) is 13.0 Å². The van der Waals surface area contributed by atoms with Gasteiger partial charge in [0.15, 0.2) is 12.6 Å². The molecule has 0 spiro atoms. The predicted octanol–water partition coefficient (Wildman–Crippen LogP) is -6.82. The summed E-state index contributed by atoms with van der Waals surface area (Å²) >= 11 is 0. The Hall–Kier alpha value is -1.78. The summed E-state index contributed by atoms with van der Waals surface area (Å²) in [6.45, 7) is -1.50. The van der Waals surface area contributed by atoms with Crippen LogP contribution in [-0.2, 0) is 23.7 Å². The average Bonchev–Trinajstić information content (AvgIpc) is 2.91. The molecule has 14 N–H and O–H groups in total. The van der Waals surface area contributed by atoms with Crippen LogP contribution in [0.25, 0.3) is 10.4 Å². The lowest BCUT2D eigenvalue weighted by atomic mass is 9.84. The second-order valence-electron chi connectivity index (χ2n) is 9.75. The molecule has 15 atom stereocenters. The monoisotopic (exact) mass is 567 g/mol. The Balaban J connectivity index is 1.69. The molecular formula is C20H37N7O12. The Bertz CT molecular complexity index is 869. The van der Waals surface area contributed by atoms with Gasteiger partial charge in [-0.25, -0.2) is 0 Å². The summed E-state index contributed by atoms with van der Waals surface area (Å²) < 4.78 is 22.4. The minimum atomic E-state index is -1.79. The molecule has 0 radical (unpaired) electrons. The maximum atomic E-state index is 11.7. The zero-order chi connectivity index (χ0) is 29.0. The van der Waals surface area contributed by atoms with Gasteiger partial charge < -0.3 is 77.2 Å². The van der Waals surface area contributed by atoms with E-state index >= 15 is 0 Å². The van der Waals surface area contributed by atoms with Crippen molar-refractivity contribution in [3.8, 4) is 0 Å². The lowest BCUT2D eigenvalue weighted by Gasteiger charge is -2.48. The highest BCUT2D eigenvalue weighted by atomic mass is 16.7. The summed E-state index contributed by atoms with van der Waals surface area (Å²) in [6, 6.07) is -3.07. The van der Waals surface area contributed by atoms with Crippen LogP contribution < -0.4 is 22.5 Å². The number of rotatable bonds is 9. The van der Waals surface area contributed by atoms with Crippen LogP contribution in [0.1, 0.15) is 6.42 Å². The Morgan fingerprint density at radius 1 is 0.872 bits per heavy atom. The molecule has 19 heteroatoms. The smallest absolute Gasteiger partial charge is 0.225 e. The number of aliphatic hydroxyl groups is 7. The van der Waals surface area contributed by atoms with Crippen molar-refractivity contribution in [2.75, 3.05) is 19.7 Å². The maximum absolute atomic E-state index is 11.7. The lowest BCUT2D eigenvalue weighted by molar-refractivity contribution is -0.332. The number of carbonyl (C=O) groups excluding carboxylic acids is 1.